The minimum Gasteiger partial charge on any atom is -0.497 e. The second-order valence-corrected chi connectivity index (χ2v) is 5.95. The molecule has 0 aliphatic carbocycles. The molecule has 1 heterocycles. The van der Waals surface area contributed by atoms with Crippen LogP contribution in [0.3, 0.4) is 0 Å². The molecule has 2 aromatic carbocycles. The molecular formula is C17H21NO2. The Bertz CT molecular complexity index is 605. The van der Waals surface area contributed by atoms with Crippen molar-refractivity contribution in [1.82, 2.24) is 5.32 Å². The average molecular weight is 271 g/mol. The van der Waals surface area contributed by atoms with E-state index >= 15 is 0 Å². The van der Waals surface area contributed by atoms with Crippen LogP contribution in [-0.2, 0) is 11.3 Å². The van der Waals surface area contributed by atoms with E-state index in [1.807, 2.05) is 6.07 Å². The summed E-state index contributed by atoms with van der Waals surface area (Å²) < 4.78 is 10.5. The molecule has 1 aliphatic heterocycles. The highest BCUT2D eigenvalue weighted by atomic mass is 16.5. The Kier molecular flexibility index (Phi) is 3.64. The van der Waals surface area contributed by atoms with Crippen LogP contribution in [0.1, 0.15) is 12.5 Å². The maximum Gasteiger partial charge on any atom is 0.119 e. The van der Waals surface area contributed by atoms with Crippen LogP contribution in [0.15, 0.2) is 36.4 Å². The molecule has 0 spiro atoms. The van der Waals surface area contributed by atoms with Crippen molar-refractivity contribution >= 4 is 10.8 Å². The first-order chi connectivity index (χ1) is 9.68. The fraction of sp³-hybridized carbons (Fsp3) is 0.412. The third-order valence-corrected chi connectivity index (χ3v) is 3.89. The van der Waals surface area contributed by atoms with Crippen LogP contribution in [0, 0.1) is 5.41 Å². The molecule has 0 saturated carbocycles. The van der Waals surface area contributed by atoms with Crippen molar-refractivity contribution in [3.63, 3.8) is 0 Å². The summed E-state index contributed by atoms with van der Waals surface area (Å²) in [5.41, 5.74) is 1.64. The molecule has 1 N–H and O–H groups in total. The molecule has 1 saturated heterocycles. The van der Waals surface area contributed by atoms with E-state index in [2.05, 4.69) is 42.6 Å². The maximum atomic E-state index is 5.27. The first-order valence-electron chi connectivity index (χ1n) is 7.04. The Morgan fingerprint density at radius 1 is 1.15 bits per heavy atom. The van der Waals surface area contributed by atoms with Crippen LogP contribution in [0.25, 0.3) is 10.8 Å². The van der Waals surface area contributed by atoms with Crippen molar-refractivity contribution in [2.24, 2.45) is 5.41 Å². The number of benzene rings is 2. The van der Waals surface area contributed by atoms with E-state index in [1.165, 1.54) is 16.3 Å². The highest BCUT2D eigenvalue weighted by molar-refractivity contribution is 5.84. The van der Waals surface area contributed by atoms with E-state index in [0.29, 0.717) is 5.41 Å². The lowest BCUT2D eigenvalue weighted by Crippen LogP contribution is -2.47. The van der Waals surface area contributed by atoms with Gasteiger partial charge in [0, 0.05) is 18.5 Å². The van der Waals surface area contributed by atoms with E-state index in [-0.39, 0.29) is 0 Å². The Balaban J connectivity index is 1.66. The van der Waals surface area contributed by atoms with Gasteiger partial charge < -0.3 is 14.8 Å². The normalized spacial score (nSPS) is 16.9. The number of methoxy groups -OCH3 is 1. The van der Waals surface area contributed by atoms with Crippen molar-refractivity contribution in [3.8, 4) is 5.75 Å². The molecule has 20 heavy (non-hydrogen) atoms. The standard InChI is InChI=1S/C17H21NO2/c1-17(11-20-12-17)10-18-9-13-3-4-15-8-16(19-2)6-5-14(15)7-13/h3-8,18H,9-12H2,1-2H3. The summed E-state index contributed by atoms with van der Waals surface area (Å²) in [5.74, 6) is 0.904. The Morgan fingerprint density at radius 3 is 2.60 bits per heavy atom. The van der Waals surface area contributed by atoms with E-state index in [0.717, 1.165) is 32.1 Å². The predicted molar refractivity (Wildman–Crippen MR) is 81.1 cm³/mol. The first kappa shape index (κ1) is 13.4. The monoisotopic (exact) mass is 271 g/mol. The predicted octanol–water partition coefficient (Wildman–Crippen LogP) is 2.97. The largest absolute Gasteiger partial charge is 0.497 e. The van der Waals surface area contributed by atoms with E-state index < -0.39 is 0 Å². The Morgan fingerprint density at radius 2 is 1.90 bits per heavy atom. The van der Waals surface area contributed by atoms with E-state index in [9.17, 15) is 0 Å². The number of fused-ring (bicyclic) bond motifs is 1. The van der Waals surface area contributed by atoms with Gasteiger partial charge in [-0.25, -0.2) is 0 Å². The maximum absolute atomic E-state index is 5.27. The molecule has 0 aromatic heterocycles. The zero-order valence-electron chi connectivity index (χ0n) is 12.1. The van der Waals surface area contributed by atoms with Crippen LogP contribution < -0.4 is 10.1 Å². The summed E-state index contributed by atoms with van der Waals surface area (Å²) in [6, 6.07) is 12.8. The second-order valence-electron chi connectivity index (χ2n) is 5.95. The summed E-state index contributed by atoms with van der Waals surface area (Å²) in [7, 11) is 1.70. The van der Waals surface area contributed by atoms with Crippen molar-refractivity contribution in [3.05, 3.63) is 42.0 Å². The van der Waals surface area contributed by atoms with Crippen molar-refractivity contribution < 1.29 is 9.47 Å². The van der Waals surface area contributed by atoms with E-state index in [1.54, 1.807) is 7.11 Å². The van der Waals surface area contributed by atoms with Gasteiger partial charge in [-0.15, -0.1) is 0 Å². The van der Waals surface area contributed by atoms with Gasteiger partial charge in [-0.3, -0.25) is 0 Å². The van der Waals surface area contributed by atoms with Gasteiger partial charge in [0.2, 0.25) is 0 Å². The van der Waals surface area contributed by atoms with Gasteiger partial charge in [0.05, 0.1) is 20.3 Å². The molecule has 0 bridgehead atoms. The molecule has 3 rings (SSSR count). The van der Waals surface area contributed by atoms with E-state index in [4.69, 9.17) is 9.47 Å². The zero-order chi connectivity index (χ0) is 14.0. The second kappa shape index (κ2) is 5.43. The third kappa shape index (κ3) is 2.79. The van der Waals surface area contributed by atoms with Crippen molar-refractivity contribution in [2.45, 2.75) is 13.5 Å². The van der Waals surface area contributed by atoms with Gasteiger partial charge in [0.25, 0.3) is 0 Å². The van der Waals surface area contributed by atoms with Crippen LogP contribution in [0.5, 0.6) is 5.75 Å². The molecule has 106 valence electrons. The molecule has 3 nitrogen and oxygen atoms in total. The number of rotatable bonds is 5. The van der Waals surface area contributed by atoms with Gasteiger partial charge in [-0.05, 0) is 34.5 Å². The number of ether oxygens (including phenoxy) is 2. The van der Waals surface area contributed by atoms with Gasteiger partial charge in [0.15, 0.2) is 0 Å². The Labute approximate surface area is 119 Å². The molecule has 1 aliphatic rings. The smallest absolute Gasteiger partial charge is 0.119 e. The lowest BCUT2D eigenvalue weighted by molar-refractivity contribution is -0.0991. The van der Waals surface area contributed by atoms with Gasteiger partial charge in [0.1, 0.15) is 5.75 Å². The summed E-state index contributed by atoms with van der Waals surface area (Å²) >= 11 is 0. The molecule has 0 atom stereocenters. The fourth-order valence-corrected chi connectivity index (χ4v) is 2.57. The molecule has 0 amide bonds. The molecule has 2 aromatic rings. The summed E-state index contributed by atoms with van der Waals surface area (Å²) in [6.07, 6.45) is 0. The van der Waals surface area contributed by atoms with Crippen LogP contribution >= 0.6 is 0 Å². The van der Waals surface area contributed by atoms with Gasteiger partial charge >= 0.3 is 0 Å². The van der Waals surface area contributed by atoms with Crippen molar-refractivity contribution in [1.29, 1.82) is 0 Å². The van der Waals surface area contributed by atoms with Crippen molar-refractivity contribution in [2.75, 3.05) is 26.9 Å². The molecular weight excluding hydrogens is 250 g/mol. The van der Waals surface area contributed by atoms with Crippen LogP contribution in [0.2, 0.25) is 0 Å². The SMILES string of the molecule is COc1ccc2cc(CNCC3(C)COC3)ccc2c1. The van der Waals surface area contributed by atoms with Crippen LogP contribution in [0.4, 0.5) is 0 Å². The van der Waals surface area contributed by atoms with Gasteiger partial charge in [-0.1, -0.05) is 25.1 Å². The van der Waals surface area contributed by atoms with Gasteiger partial charge in [-0.2, -0.15) is 0 Å². The lowest BCUT2D eigenvalue weighted by Gasteiger charge is -2.38. The molecule has 0 unspecified atom stereocenters. The quantitative estimate of drug-likeness (QED) is 0.907. The van der Waals surface area contributed by atoms with Crippen LogP contribution in [-0.4, -0.2) is 26.9 Å². The number of hydrogen-bond acceptors (Lipinski definition) is 3. The summed E-state index contributed by atoms with van der Waals surface area (Å²) in [4.78, 5) is 0. The average Bonchev–Trinajstić information content (AvgIpc) is 2.45. The third-order valence-electron chi connectivity index (χ3n) is 3.89. The topological polar surface area (TPSA) is 30.5 Å². The first-order valence-corrected chi connectivity index (χ1v) is 7.04. The highest BCUT2D eigenvalue weighted by Gasteiger charge is 2.32. The molecule has 0 radical (unpaired) electrons. The molecule has 1 fully saturated rings. The molecule has 3 heteroatoms. The minimum absolute atomic E-state index is 0.324. The summed E-state index contributed by atoms with van der Waals surface area (Å²) in [5, 5.41) is 5.99. The Hall–Kier alpha value is -1.58. The zero-order valence-corrected chi connectivity index (χ0v) is 12.1. The number of nitrogens with one attached hydrogen (secondary N) is 1. The number of hydrogen-bond donors (Lipinski definition) is 1. The highest BCUT2D eigenvalue weighted by Crippen LogP contribution is 2.25. The summed E-state index contributed by atoms with van der Waals surface area (Å²) in [6.45, 7) is 5.91. The fourth-order valence-electron chi connectivity index (χ4n) is 2.57. The minimum atomic E-state index is 0.324. The lowest BCUT2D eigenvalue weighted by atomic mass is 9.89.